The fraction of sp³-hybridized carbons (Fsp3) is 0.238. The summed E-state index contributed by atoms with van der Waals surface area (Å²) in [5.41, 5.74) is 2.71. The summed E-state index contributed by atoms with van der Waals surface area (Å²) >= 11 is 0. The molecule has 0 aliphatic carbocycles. The Labute approximate surface area is 153 Å². The Bertz CT molecular complexity index is 839. The molecule has 0 saturated heterocycles. The average Bonchev–Trinajstić information content (AvgIpc) is 3.15. The molecule has 0 radical (unpaired) electrons. The van der Waals surface area contributed by atoms with Crippen molar-refractivity contribution in [1.29, 1.82) is 0 Å². The number of carbonyl (C=O) groups is 1. The number of carbonyl (C=O) groups excluding carboxylic acids is 1. The van der Waals surface area contributed by atoms with Gasteiger partial charge in [-0.1, -0.05) is 56.3 Å². The van der Waals surface area contributed by atoms with Gasteiger partial charge in [0.05, 0.1) is 0 Å². The van der Waals surface area contributed by atoms with Gasteiger partial charge in [-0.3, -0.25) is 4.79 Å². The van der Waals surface area contributed by atoms with Crippen LogP contribution in [-0.2, 0) is 6.73 Å². The lowest BCUT2D eigenvalue weighted by atomic mass is 10.1. The highest BCUT2D eigenvalue weighted by Gasteiger charge is 2.09. The Kier molecular flexibility index (Phi) is 5.69. The summed E-state index contributed by atoms with van der Waals surface area (Å²) in [5.74, 6) is 0.999. The molecule has 3 rings (SSSR count). The van der Waals surface area contributed by atoms with E-state index < -0.39 is 0 Å². The maximum Gasteiger partial charge on any atom is 0.271 e. The molecule has 3 aromatic rings. The van der Waals surface area contributed by atoms with E-state index in [0.717, 1.165) is 11.3 Å². The lowest BCUT2D eigenvalue weighted by Crippen LogP contribution is -2.27. The second-order valence-electron chi connectivity index (χ2n) is 6.51. The molecule has 5 nitrogen and oxygen atoms in total. The van der Waals surface area contributed by atoms with Crippen LogP contribution in [0.2, 0.25) is 0 Å². The minimum atomic E-state index is -0.162. The van der Waals surface area contributed by atoms with Crippen molar-refractivity contribution in [3.05, 3.63) is 72.6 Å². The molecule has 5 heteroatoms. The predicted molar refractivity (Wildman–Crippen MR) is 102 cm³/mol. The second-order valence-corrected chi connectivity index (χ2v) is 6.51. The van der Waals surface area contributed by atoms with Crippen LogP contribution < -0.4 is 10.1 Å². The third-order valence-electron chi connectivity index (χ3n) is 3.87. The molecule has 0 aliphatic heterocycles. The van der Waals surface area contributed by atoms with E-state index in [1.54, 1.807) is 16.9 Å². The molecule has 1 N–H and O–H groups in total. The first-order valence-corrected chi connectivity index (χ1v) is 8.72. The number of hydrogen-bond donors (Lipinski definition) is 1. The Hall–Kier alpha value is -3.08. The predicted octanol–water partition coefficient (Wildman–Crippen LogP) is 3.97. The monoisotopic (exact) mass is 349 g/mol. The van der Waals surface area contributed by atoms with Crippen LogP contribution in [0.1, 0.15) is 24.3 Å². The average molecular weight is 349 g/mol. The van der Waals surface area contributed by atoms with Gasteiger partial charge in [-0.05, 0) is 35.2 Å². The van der Waals surface area contributed by atoms with Crippen LogP contribution in [0.15, 0.2) is 66.9 Å². The summed E-state index contributed by atoms with van der Waals surface area (Å²) in [7, 11) is 0. The van der Waals surface area contributed by atoms with Gasteiger partial charge in [0, 0.05) is 12.7 Å². The number of benzene rings is 2. The van der Waals surface area contributed by atoms with Gasteiger partial charge in [-0.2, -0.15) is 5.10 Å². The molecule has 1 amide bonds. The number of aromatic nitrogens is 2. The van der Waals surface area contributed by atoms with Crippen molar-refractivity contribution < 1.29 is 9.53 Å². The van der Waals surface area contributed by atoms with Crippen molar-refractivity contribution in [2.75, 3.05) is 6.54 Å². The van der Waals surface area contributed by atoms with E-state index in [9.17, 15) is 4.79 Å². The molecule has 1 aromatic heterocycles. The van der Waals surface area contributed by atoms with Crippen LogP contribution in [-0.4, -0.2) is 22.2 Å². The molecule has 0 unspecified atom stereocenters. The number of ether oxygens (including phenoxy) is 1. The topological polar surface area (TPSA) is 56.2 Å². The summed E-state index contributed by atoms with van der Waals surface area (Å²) in [6, 6.07) is 19.8. The van der Waals surface area contributed by atoms with Gasteiger partial charge in [-0.25, -0.2) is 4.68 Å². The van der Waals surface area contributed by atoms with Crippen molar-refractivity contribution in [3.8, 4) is 16.9 Å². The second kappa shape index (κ2) is 8.34. The molecule has 134 valence electrons. The Balaban J connectivity index is 1.55. The van der Waals surface area contributed by atoms with Crippen LogP contribution in [0.4, 0.5) is 0 Å². The molecule has 2 aromatic carbocycles. The number of nitrogens with zero attached hydrogens (tertiary/aromatic N) is 2. The van der Waals surface area contributed by atoms with E-state index in [-0.39, 0.29) is 12.6 Å². The van der Waals surface area contributed by atoms with Gasteiger partial charge in [0.2, 0.25) is 0 Å². The van der Waals surface area contributed by atoms with Gasteiger partial charge >= 0.3 is 0 Å². The minimum absolute atomic E-state index is 0.162. The van der Waals surface area contributed by atoms with Crippen LogP contribution in [0.5, 0.6) is 5.75 Å². The molecule has 0 atom stereocenters. The highest BCUT2D eigenvalue weighted by Crippen LogP contribution is 2.22. The van der Waals surface area contributed by atoms with Gasteiger partial charge in [0.15, 0.2) is 6.73 Å². The van der Waals surface area contributed by atoms with Gasteiger partial charge < -0.3 is 10.1 Å². The SMILES string of the molecule is CC(C)CNC(=O)c1ccn(COc2ccc(-c3ccccc3)cc2)n1. The molecule has 26 heavy (non-hydrogen) atoms. The zero-order valence-electron chi connectivity index (χ0n) is 15.1. The van der Waals surface area contributed by atoms with E-state index in [1.807, 2.05) is 42.5 Å². The normalized spacial score (nSPS) is 10.7. The maximum absolute atomic E-state index is 12.0. The first-order valence-electron chi connectivity index (χ1n) is 8.72. The van der Waals surface area contributed by atoms with Crippen molar-refractivity contribution >= 4 is 5.91 Å². The number of nitrogens with one attached hydrogen (secondary N) is 1. The van der Waals surface area contributed by atoms with Gasteiger partial charge in [0.1, 0.15) is 11.4 Å². The number of rotatable bonds is 7. The van der Waals surface area contributed by atoms with Crippen LogP contribution >= 0.6 is 0 Å². The molecule has 0 aliphatic rings. The molecular weight excluding hydrogens is 326 g/mol. The summed E-state index contributed by atoms with van der Waals surface area (Å²) in [6.07, 6.45) is 1.74. The molecule has 1 heterocycles. The van der Waals surface area contributed by atoms with E-state index in [4.69, 9.17) is 4.74 Å². The Morgan fingerprint density at radius 2 is 1.73 bits per heavy atom. The summed E-state index contributed by atoms with van der Waals surface area (Å²) in [4.78, 5) is 12.0. The third kappa shape index (κ3) is 4.72. The highest BCUT2D eigenvalue weighted by molar-refractivity contribution is 5.92. The van der Waals surface area contributed by atoms with E-state index >= 15 is 0 Å². The van der Waals surface area contributed by atoms with E-state index in [0.29, 0.717) is 18.2 Å². The summed E-state index contributed by atoms with van der Waals surface area (Å²) in [6.45, 7) is 4.99. The minimum Gasteiger partial charge on any atom is -0.471 e. The fourth-order valence-corrected chi connectivity index (χ4v) is 2.46. The zero-order chi connectivity index (χ0) is 18.4. The van der Waals surface area contributed by atoms with Crippen LogP contribution in [0.25, 0.3) is 11.1 Å². The molecular formula is C21H23N3O2. The summed E-state index contributed by atoms with van der Waals surface area (Å²) < 4.78 is 7.35. The fourth-order valence-electron chi connectivity index (χ4n) is 2.46. The lowest BCUT2D eigenvalue weighted by Gasteiger charge is -2.08. The number of hydrogen-bond acceptors (Lipinski definition) is 3. The zero-order valence-corrected chi connectivity index (χ0v) is 15.1. The molecule has 0 saturated carbocycles. The first kappa shape index (κ1) is 17.7. The summed E-state index contributed by atoms with van der Waals surface area (Å²) in [5, 5.41) is 7.10. The smallest absolute Gasteiger partial charge is 0.271 e. The third-order valence-corrected chi connectivity index (χ3v) is 3.87. The quantitative estimate of drug-likeness (QED) is 0.702. The Morgan fingerprint density at radius 1 is 1.04 bits per heavy atom. The number of amides is 1. The molecule has 0 fully saturated rings. The van der Waals surface area contributed by atoms with Crippen molar-refractivity contribution in [1.82, 2.24) is 15.1 Å². The maximum atomic E-state index is 12.0. The van der Waals surface area contributed by atoms with Crippen LogP contribution in [0, 0.1) is 5.92 Å². The largest absolute Gasteiger partial charge is 0.471 e. The van der Waals surface area contributed by atoms with E-state index in [2.05, 4.69) is 36.4 Å². The van der Waals surface area contributed by atoms with Crippen molar-refractivity contribution in [2.24, 2.45) is 5.92 Å². The van der Waals surface area contributed by atoms with Crippen LogP contribution in [0.3, 0.4) is 0 Å². The Morgan fingerprint density at radius 3 is 2.42 bits per heavy atom. The van der Waals surface area contributed by atoms with Crippen molar-refractivity contribution in [2.45, 2.75) is 20.6 Å². The molecule has 0 spiro atoms. The standard InChI is InChI=1S/C21H23N3O2/c1-16(2)14-22-21(25)20-12-13-24(23-20)15-26-19-10-8-18(9-11-19)17-6-4-3-5-7-17/h3-13,16H,14-15H2,1-2H3,(H,22,25). The van der Waals surface area contributed by atoms with Gasteiger partial charge in [-0.15, -0.1) is 0 Å². The highest BCUT2D eigenvalue weighted by atomic mass is 16.5. The van der Waals surface area contributed by atoms with Crippen molar-refractivity contribution in [3.63, 3.8) is 0 Å². The lowest BCUT2D eigenvalue weighted by molar-refractivity contribution is 0.0942. The van der Waals surface area contributed by atoms with Gasteiger partial charge in [0.25, 0.3) is 5.91 Å². The first-order chi connectivity index (χ1) is 12.6. The molecule has 0 bridgehead atoms. The van der Waals surface area contributed by atoms with E-state index in [1.165, 1.54) is 5.56 Å².